The van der Waals surface area contributed by atoms with Gasteiger partial charge in [0.2, 0.25) is 0 Å². The Kier molecular flexibility index (Phi) is 9.47. The summed E-state index contributed by atoms with van der Waals surface area (Å²) < 4.78 is 3.81. The average molecular weight is 744 g/mol. The lowest BCUT2D eigenvalue weighted by Crippen LogP contribution is -2.36. The van der Waals surface area contributed by atoms with Crippen molar-refractivity contribution in [3.8, 4) is 11.1 Å². The first kappa shape index (κ1) is 35.3. The maximum absolute atomic E-state index is 13.7. The van der Waals surface area contributed by atoms with Crippen LogP contribution in [0, 0.1) is 11.3 Å². The van der Waals surface area contributed by atoms with Gasteiger partial charge in [0.25, 0.3) is 11.8 Å². The molecule has 0 saturated heterocycles. The van der Waals surface area contributed by atoms with Crippen molar-refractivity contribution < 1.29 is 9.59 Å². The molecule has 8 rings (SSSR count). The van der Waals surface area contributed by atoms with E-state index < -0.39 is 0 Å². The highest BCUT2D eigenvalue weighted by atomic mass is 35.5. The molecule has 4 aromatic rings. The normalized spacial score (nSPS) is 21.4. The molecule has 10 nitrogen and oxygen atoms in total. The number of carbonyl (C=O) groups excluding carboxylic acids is 2. The highest BCUT2D eigenvalue weighted by molar-refractivity contribution is 6.40. The molecule has 0 atom stereocenters. The highest BCUT2D eigenvalue weighted by Crippen LogP contribution is 2.56. The standard InChI is InChI=1S/C40H48Cl2N8O2/c1-24(2)50-19-14-33-31(23-50)44-37(48(33)4)39(52)46-29-10-6-8-27(35(29)42)26-7-5-9-28(34(26)41)45-38(51)36-43-30-22-49(18-13-32(30)47(36)3)20-17-40-15-11-25(21-40)12-16-40/h5-10,24-25H,11-23H2,1-4H3,(H,45,51)(H,46,52). The molecule has 12 heteroatoms. The van der Waals surface area contributed by atoms with Gasteiger partial charge in [-0.05, 0) is 82.4 Å². The molecule has 0 unspecified atom stereocenters. The highest BCUT2D eigenvalue weighted by Gasteiger charge is 2.44. The molecular weight excluding hydrogens is 695 g/mol. The van der Waals surface area contributed by atoms with E-state index in [0.717, 1.165) is 74.3 Å². The first-order valence-corrected chi connectivity index (χ1v) is 19.5. The van der Waals surface area contributed by atoms with E-state index in [4.69, 9.17) is 33.2 Å². The Hall–Kier alpha value is -3.70. The van der Waals surface area contributed by atoms with Crippen molar-refractivity contribution in [2.24, 2.45) is 25.4 Å². The van der Waals surface area contributed by atoms with Crippen molar-refractivity contribution in [1.82, 2.24) is 28.9 Å². The minimum absolute atomic E-state index is 0.314. The van der Waals surface area contributed by atoms with E-state index in [2.05, 4.69) is 34.3 Å². The first-order chi connectivity index (χ1) is 25.0. The quantitative estimate of drug-likeness (QED) is 0.182. The van der Waals surface area contributed by atoms with E-state index in [1.807, 2.05) is 47.5 Å². The second kappa shape index (κ2) is 13.9. The Labute approximate surface area is 315 Å². The van der Waals surface area contributed by atoms with E-state index >= 15 is 0 Å². The summed E-state index contributed by atoms with van der Waals surface area (Å²) in [5.74, 6) is 1.04. The van der Waals surface area contributed by atoms with Gasteiger partial charge in [0.05, 0.1) is 32.8 Å². The predicted octanol–water partition coefficient (Wildman–Crippen LogP) is 7.73. The number of fused-ring (bicyclic) bond motifs is 4. The number of hydrogen-bond donors (Lipinski definition) is 2. The minimum atomic E-state index is -0.333. The number of benzene rings is 2. The van der Waals surface area contributed by atoms with Crippen molar-refractivity contribution >= 4 is 46.4 Å². The lowest BCUT2D eigenvalue weighted by Gasteiger charge is -2.32. The molecule has 2 bridgehead atoms. The number of nitrogens with one attached hydrogen (secondary N) is 2. The molecule has 2 N–H and O–H groups in total. The van der Waals surface area contributed by atoms with Crippen molar-refractivity contribution in [3.05, 3.63) is 80.9 Å². The second-order valence-corrected chi connectivity index (χ2v) is 16.5. The Bertz CT molecular complexity index is 2040. The lowest BCUT2D eigenvalue weighted by atomic mass is 9.81. The fraction of sp³-hybridized carbons (Fsp3) is 0.500. The summed E-state index contributed by atoms with van der Waals surface area (Å²) in [6, 6.07) is 11.3. The molecule has 52 heavy (non-hydrogen) atoms. The Morgan fingerprint density at radius 1 is 0.827 bits per heavy atom. The topological polar surface area (TPSA) is 100 Å². The van der Waals surface area contributed by atoms with E-state index in [-0.39, 0.29) is 11.8 Å². The zero-order chi connectivity index (χ0) is 36.3. The Morgan fingerprint density at radius 2 is 1.37 bits per heavy atom. The van der Waals surface area contributed by atoms with Crippen molar-refractivity contribution in [2.75, 3.05) is 30.3 Å². The summed E-state index contributed by atoms with van der Waals surface area (Å²) in [5.41, 5.74) is 6.86. The van der Waals surface area contributed by atoms with Crippen molar-refractivity contribution in [1.29, 1.82) is 0 Å². The zero-order valence-electron chi connectivity index (χ0n) is 30.6. The number of imidazole rings is 2. The molecule has 2 amide bonds. The Balaban J connectivity index is 0.960. The number of anilines is 2. The van der Waals surface area contributed by atoms with Crippen LogP contribution in [0.1, 0.15) is 96.4 Å². The maximum atomic E-state index is 13.7. The van der Waals surface area contributed by atoms with Crippen LogP contribution in [0.5, 0.6) is 0 Å². The number of halogens is 2. The molecule has 2 saturated carbocycles. The van der Waals surface area contributed by atoms with Crippen LogP contribution >= 0.6 is 23.2 Å². The third kappa shape index (κ3) is 6.46. The molecule has 4 aliphatic rings. The molecule has 2 aliphatic carbocycles. The minimum Gasteiger partial charge on any atom is -0.327 e. The van der Waals surface area contributed by atoms with Crippen LogP contribution in [0.3, 0.4) is 0 Å². The molecule has 0 spiro atoms. The lowest BCUT2D eigenvalue weighted by molar-refractivity contribution is 0.100. The van der Waals surface area contributed by atoms with Crippen LogP contribution in [0.2, 0.25) is 10.0 Å². The molecule has 2 aliphatic heterocycles. The fourth-order valence-corrected chi connectivity index (χ4v) is 9.81. The van der Waals surface area contributed by atoms with Gasteiger partial charge in [0.15, 0.2) is 11.6 Å². The van der Waals surface area contributed by atoms with Gasteiger partial charge in [0, 0.05) is 81.7 Å². The monoisotopic (exact) mass is 742 g/mol. The van der Waals surface area contributed by atoms with Crippen LogP contribution in [-0.2, 0) is 40.0 Å². The van der Waals surface area contributed by atoms with Crippen LogP contribution in [0.4, 0.5) is 11.4 Å². The summed E-state index contributed by atoms with van der Waals surface area (Å²) >= 11 is 13.9. The van der Waals surface area contributed by atoms with Gasteiger partial charge in [-0.25, -0.2) is 9.97 Å². The number of carbonyl (C=O) groups is 2. The van der Waals surface area contributed by atoms with Crippen LogP contribution < -0.4 is 10.6 Å². The van der Waals surface area contributed by atoms with Crippen molar-refractivity contribution in [2.45, 2.75) is 84.3 Å². The number of hydrogen-bond acceptors (Lipinski definition) is 6. The van der Waals surface area contributed by atoms with Crippen molar-refractivity contribution in [3.63, 3.8) is 0 Å². The molecule has 4 heterocycles. The van der Waals surface area contributed by atoms with Gasteiger partial charge in [-0.1, -0.05) is 47.5 Å². The van der Waals surface area contributed by atoms with E-state index in [9.17, 15) is 9.59 Å². The van der Waals surface area contributed by atoms with E-state index in [1.54, 1.807) is 12.1 Å². The molecule has 2 aromatic heterocycles. The average Bonchev–Trinajstić information content (AvgIpc) is 3.91. The smallest absolute Gasteiger partial charge is 0.291 e. The van der Waals surface area contributed by atoms with Gasteiger partial charge in [-0.2, -0.15) is 0 Å². The SMILES string of the molecule is CC(C)N1CCc2c(nc(C(=O)Nc3cccc(-c4cccc(NC(=O)c5nc6c(n5C)CCN(CCC57CCC(CC5)C7)C6)c4Cl)c3Cl)n2C)C1. The maximum Gasteiger partial charge on any atom is 0.291 e. The van der Waals surface area contributed by atoms with Gasteiger partial charge >= 0.3 is 0 Å². The number of aromatic nitrogens is 4. The van der Waals surface area contributed by atoms with Gasteiger partial charge < -0.3 is 19.8 Å². The first-order valence-electron chi connectivity index (χ1n) is 18.8. The van der Waals surface area contributed by atoms with Crippen LogP contribution in [-0.4, -0.2) is 66.4 Å². The van der Waals surface area contributed by atoms with Gasteiger partial charge in [-0.3, -0.25) is 19.4 Å². The second-order valence-electron chi connectivity index (χ2n) is 15.8. The molecular formula is C40H48Cl2N8O2. The molecule has 2 fully saturated rings. The summed E-state index contributed by atoms with van der Waals surface area (Å²) in [5, 5.41) is 6.67. The fourth-order valence-electron chi connectivity index (χ4n) is 9.26. The van der Waals surface area contributed by atoms with Crippen LogP contribution in [0.25, 0.3) is 11.1 Å². The number of amides is 2. The number of nitrogens with zero attached hydrogens (tertiary/aromatic N) is 6. The third-order valence-electron chi connectivity index (χ3n) is 12.4. The number of rotatable bonds is 9. The molecule has 274 valence electrons. The third-order valence-corrected chi connectivity index (χ3v) is 13.2. The van der Waals surface area contributed by atoms with Crippen LogP contribution in [0.15, 0.2) is 36.4 Å². The molecule has 2 aromatic carbocycles. The van der Waals surface area contributed by atoms with E-state index in [0.29, 0.717) is 55.7 Å². The summed E-state index contributed by atoms with van der Waals surface area (Å²) in [4.78, 5) is 41.7. The summed E-state index contributed by atoms with van der Waals surface area (Å²) in [7, 11) is 3.81. The summed E-state index contributed by atoms with van der Waals surface area (Å²) in [6.07, 6.45) is 10.0. The molecule has 0 radical (unpaired) electrons. The Morgan fingerprint density at radius 3 is 1.88 bits per heavy atom. The van der Waals surface area contributed by atoms with Gasteiger partial charge in [-0.15, -0.1) is 0 Å². The van der Waals surface area contributed by atoms with Gasteiger partial charge in [0.1, 0.15) is 0 Å². The largest absolute Gasteiger partial charge is 0.327 e. The summed E-state index contributed by atoms with van der Waals surface area (Å²) in [6.45, 7) is 8.86. The predicted molar refractivity (Wildman–Crippen MR) is 206 cm³/mol. The van der Waals surface area contributed by atoms with E-state index in [1.165, 1.54) is 38.5 Å². The zero-order valence-corrected chi connectivity index (χ0v) is 32.1.